The predicted molar refractivity (Wildman–Crippen MR) is 135 cm³/mol. The Bertz CT molecular complexity index is 1180. The number of hydrogen-bond acceptors (Lipinski definition) is 8. The lowest BCUT2D eigenvalue weighted by Gasteiger charge is -2.12. The molecule has 4 rings (SSSR count). The first-order valence-electron chi connectivity index (χ1n) is 10.9. The smallest absolute Gasteiger partial charge is 0.341 e. The molecule has 0 radical (unpaired) electrons. The normalized spacial score (nSPS) is 12.9. The number of thiophene rings is 2. The Labute approximate surface area is 205 Å². The third-order valence-corrected chi connectivity index (χ3v) is 8.29. The number of nitrogens with zero attached hydrogens (tertiary/aromatic N) is 3. The molecule has 0 saturated heterocycles. The number of nitrogens with one attached hydrogen (secondary N) is 1. The number of allylic oxidation sites excluding steroid dienone is 1. The maximum Gasteiger partial charge on any atom is 0.341 e. The average molecular weight is 503 g/mol. The Hall–Kier alpha value is -2.43. The van der Waals surface area contributed by atoms with Gasteiger partial charge in [0.15, 0.2) is 11.0 Å². The van der Waals surface area contributed by atoms with Crippen molar-refractivity contribution in [2.24, 2.45) is 0 Å². The SMILES string of the molecule is C=CCn1c(SCC(=O)Nc2sc3c(c2C(=O)OCC)CCCC3)nnc1-c1csc(C)c1. The molecule has 10 heteroatoms. The molecule has 0 atom stereocenters. The van der Waals surface area contributed by atoms with Crippen molar-refractivity contribution in [3.63, 3.8) is 0 Å². The Morgan fingerprint density at radius 3 is 2.88 bits per heavy atom. The fourth-order valence-corrected chi connectivity index (χ4v) is 6.55. The van der Waals surface area contributed by atoms with Gasteiger partial charge in [-0.05, 0) is 51.2 Å². The van der Waals surface area contributed by atoms with Crippen molar-refractivity contribution < 1.29 is 14.3 Å². The summed E-state index contributed by atoms with van der Waals surface area (Å²) in [5, 5.41) is 14.9. The van der Waals surface area contributed by atoms with Gasteiger partial charge in [0, 0.05) is 27.2 Å². The molecule has 0 aromatic carbocycles. The predicted octanol–water partition coefficient (Wildman–Crippen LogP) is 5.35. The number of anilines is 1. The van der Waals surface area contributed by atoms with Gasteiger partial charge in [-0.25, -0.2) is 4.79 Å². The number of aromatic nitrogens is 3. The van der Waals surface area contributed by atoms with Crippen molar-refractivity contribution >= 4 is 51.3 Å². The van der Waals surface area contributed by atoms with Crippen molar-refractivity contribution in [1.82, 2.24) is 14.8 Å². The highest BCUT2D eigenvalue weighted by Crippen LogP contribution is 2.38. The highest BCUT2D eigenvalue weighted by atomic mass is 32.2. The van der Waals surface area contributed by atoms with E-state index in [0.29, 0.717) is 28.9 Å². The zero-order valence-electron chi connectivity index (χ0n) is 18.7. The van der Waals surface area contributed by atoms with E-state index in [-0.39, 0.29) is 17.6 Å². The molecule has 0 spiro atoms. The van der Waals surface area contributed by atoms with Gasteiger partial charge in [0.05, 0.1) is 17.9 Å². The lowest BCUT2D eigenvalue weighted by Crippen LogP contribution is -2.17. The topological polar surface area (TPSA) is 86.1 Å². The highest BCUT2D eigenvalue weighted by molar-refractivity contribution is 7.99. The second-order valence-electron chi connectivity index (χ2n) is 7.62. The van der Waals surface area contributed by atoms with Crippen LogP contribution in [0, 0.1) is 6.92 Å². The Morgan fingerprint density at radius 1 is 1.33 bits per heavy atom. The number of thioether (sulfide) groups is 1. The van der Waals surface area contributed by atoms with Crippen LogP contribution >= 0.6 is 34.4 Å². The van der Waals surface area contributed by atoms with Gasteiger partial charge in [-0.3, -0.25) is 9.36 Å². The molecule has 3 aromatic rings. The summed E-state index contributed by atoms with van der Waals surface area (Å²) in [4.78, 5) is 27.8. The molecule has 7 nitrogen and oxygen atoms in total. The Morgan fingerprint density at radius 2 is 2.15 bits per heavy atom. The average Bonchev–Trinajstić information content (AvgIpc) is 3.49. The summed E-state index contributed by atoms with van der Waals surface area (Å²) in [6.45, 7) is 8.53. The van der Waals surface area contributed by atoms with Crippen LogP contribution in [-0.4, -0.2) is 39.0 Å². The number of rotatable bonds is 9. The van der Waals surface area contributed by atoms with Crippen LogP contribution in [0.2, 0.25) is 0 Å². The summed E-state index contributed by atoms with van der Waals surface area (Å²) >= 11 is 4.47. The minimum Gasteiger partial charge on any atom is -0.462 e. The van der Waals surface area contributed by atoms with Gasteiger partial charge >= 0.3 is 5.97 Å². The number of ether oxygens (including phenoxy) is 1. The minimum absolute atomic E-state index is 0.156. The summed E-state index contributed by atoms with van der Waals surface area (Å²) in [5.41, 5.74) is 2.57. The number of hydrogen-bond donors (Lipinski definition) is 1. The van der Waals surface area contributed by atoms with Crippen molar-refractivity contribution in [2.45, 2.75) is 51.2 Å². The maximum atomic E-state index is 12.8. The molecule has 0 saturated carbocycles. The van der Waals surface area contributed by atoms with E-state index in [4.69, 9.17) is 4.74 Å². The van der Waals surface area contributed by atoms with E-state index in [1.54, 1.807) is 24.3 Å². The lowest BCUT2D eigenvalue weighted by atomic mass is 9.95. The van der Waals surface area contributed by atoms with E-state index in [1.165, 1.54) is 32.9 Å². The number of amides is 1. The van der Waals surface area contributed by atoms with Gasteiger partial charge in [0.1, 0.15) is 5.00 Å². The van der Waals surface area contributed by atoms with Crippen LogP contribution in [0.15, 0.2) is 29.3 Å². The maximum absolute atomic E-state index is 12.8. The van der Waals surface area contributed by atoms with Crippen LogP contribution in [0.4, 0.5) is 5.00 Å². The Kier molecular flexibility index (Phi) is 7.67. The third-order valence-electron chi connectivity index (χ3n) is 5.25. The van der Waals surface area contributed by atoms with Crippen LogP contribution < -0.4 is 5.32 Å². The van der Waals surface area contributed by atoms with Crippen LogP contribution in [0.1, 0.15) is 45.4 Å². The molecule has 0 unspecified atom stereocenters. The highest BCUT2D eigenvalue weighted by Gasteiger charge is 2.27. The first kappa shape index (κ1) is 23.7. The number of carbonyl (C=O) groups excluding carboxylic acids is 2. The van der Waals surface area contributed by atoms with Crippen molar-refractivity contribution in [2.75, 3.05) is 17.7 Å². The first-order valence-corrected chi connectivity index (χ1v) is 13.5. The molecule has 3 aromatic heterocycles. The molecular weight excluding hydrogens is 476 g/mol. The number of esters is 1. The van der Waals surface area contributed by atoms with E-state index < -0.39 is 0 Å². The van der Waals surface area contributed by atoms with Crippen LogP contribution in [0.25, 0.3) is 11.4 Å². The van der Waals surface area contributed by atoms with Gasteiger partial charge in [-0.2, -0.15) is 0 Å². The molecule has 0 fully saturated rings. The standard InChI is InChI=1S/C23H26N4O3S3/c1-4-10-27-20(15-11-14(3)31-12-15)25-26-23(27)32-13-18(28)24-21-19(22(29)30-5-2)16-8-6-7-9-17(16)33-21/h4,11-12H,1,5-10,13H2,2-3H3,(H,24,28). The molecule has 0 aliphatic heterocycles. The van der Waals surface area contributed by atoms with Crippen LogP contribution in [0.3, 0.4) is 0 Å². The summed E-state index contributed by atoms with van der Waals surface area (Å²) in [6.07, 6.45) is 5.72. The quantitative estimate of drug-likeness (QED) is 0.241. The number of aryl methyl sites for hydroxylation is 2. The van der Waals surface area contributed by atoms with E-state index in [1.807, 2.05) is 4.57 Å². The second-order valence-corrected chi connectivity index (χ2v) is 10.8. The van der Waals surface area contributed by atoms with Gasteiger partial charge in [-0.1, -0.05) is 17.8 Å². The first-order chi connectivity index (χ1) is 16.0. The second kappa shape index (κ2) is 10.7. The van der Waals surface area contributed by atoms with Crippen LogP contribution in [-0.2, 0) is 28.9 Å². The molecule has 1 amide bonds. The van der Waals surface area contributed by atoms with Crippen molar-refractivity contribution in [1.29, 1.82) is 0 Å². The fourth-order valence-electron chi connectivity index (χ4n) is 3.83. The summed E-state index contributed by atoms with van der Waals surface area (Å²) in [7, 11) is 0. The molecule has 0 bridgehead atoms. The van der Waals surface area contributed by atoms with E-state index >= 15 is 0 Å². The lowest BCUT2D eigenvalue weighted by molar-refractivity contribution is -0.113. The fraction of sp³-hybridized carbons (Fsp3) is 0.391. The molecule has 1 aliphatic carbocycles. The number of carbonyl (C=O) groups is 2. The van der Waals surface area contributed by atoms with Gasteiger partial charge in [-0.15, -0.1) is 39.4 Å². The molecule has 1 N–H and O–H groups in total. The van der Waals surface area contributed by atoms with E-state index in [0.717, 1.165) is 42.6 Å². The van der Waals surface area contributed by atoms with Gasteiger partial charge in [0.25, 0.3) is 0 Å². The molecule has 33 heavy (non-hydrogen) atoms. The Balaban J connectivity index is 1.49. The van der Waals surface area contributed by atoms with Gasteiger partial charge < -0.3 is 10.1 Å². The monoisotopic (exact) mass is 502 g/mol. The van der Waals surface area contributed by atoms with Crippen molar-refractivity contribution in [3.8, 4) is 11.4 Å². The number of fused-ring (bicyclic) bond motifs is 1. The minimum atomic E-state index is -0.360. The zero-order valence-corrected chi connectivity index (χ0v) is 21.1. The summed E-state index contributed by atoms with van der Waals surface area (Å²) in [5.74, 6) is 0.368. The summed E-state index contributed by atoms with van der Waals surface area (Å²) < 4.78 is 7.23. The molecular formula is C23H26N4O3S3. The van der Waals surface area contributed by atoms with E-state index in [2.05, 4.69) is 40.5 Å². The molecule has 1 aliphatic rings. The zero-order chi connectivity index (χ0) is 23.4. The largest absolute Gasteiger partial charge is 0.462 e. The third kappa shape index (κ3) is 5.23. The van der Waals surface area contributed by atoms with E-state index in [9.17, 15) is 9.59 Å². The van der Waals surface area contributed by atoms with Crippen molar-refractivity contribution in [3.05, 3.63) is 45.0 Å². The summed E-state index contributed by atoms with van der Waals surface area (Å²) in [6, 6.07) is 2.07. The molecule has 3 heterocycles. The molecule has 174 valence electrons. The van der Waals surface area contributed by atoms with Crippen LogP contribution in [0.5, 0.6) is 0 Å². The van der Waals surface area contributed by atoms with Gasteiger partial charge in [0.2, 0.25) is 5.91 Å².